The van der Waals surface area contributed by atoms with Crippen LogP contribution in [0, 0.1) is 10.1 Å². The fourth-order valence-corrected chi connectivity index (χ4v) is 2.43. The summed E-state index contributed by atoms with van der Waals surface area (Å²) in [5, 5.41) is 10.8. The molecule has 3 aromatic rings. The van der Waals surface area contributed by atoms with Gasteiger partial charge in [0.05, 0.1) is 4.92 Å². The third-order valence-corrected chi connectivity index (χ3v) is 3.57. The van der Waals surface area contributed by atoms with E-state index in [1.165, 1.54) is 12.1 Å². The molecule has 2 aromatic carbocycles. The van der Waals surface area contributed by atoms with Crippen molar-refractivity contribution in [3.8, 4) is 22.5 Å². The topological polar surface area (TPSA) is 59.5 Å². The van der Waals surface area contributed by atoms with Gasteiger partial charge in [-0.05, 0) is 23.8 Å². The highest BCUT2D eigenvalue weighted by molar-refractivity contribution is 5.80. The van der Waals surface area contributed by atoms with Gasteiger partial charge < -0.3 is 9.32 Å². The summed E-state index contributed by atoms with van der Waals surface area (Å²) < 4.78 is 5.97. The second-order valence-electron chi connectivity index (χ2n) is 5.39. The molecule has 0 unspecified atom stereocenters. The van der Waals surface area contributed by atoms with E-state index in [1.807, 2.05) is 55.4 Å². The third-order valence-electron chi connectivity index (χ3n) is 3.57. The number of non-ortho nitro benzene ring substituents is 1. The monoisotopic (exact) mass is 308 g/mol. The molecular weight excluding hydrogens is 292 g/mol. The number of hydrogen-bond donors (Lipinski definition) is 0. The van der Waals surface area contributed by atoms with E-state index in [4.69, 9.17) is 4.42 Å². The van der Waals surface area contributed by atoms with Crippen LogP contribution in [0.5, 0.6) is 0 Å². The van der Waals surface area contributed by atoms with Crippen molar-refractivity contribution in [1.29, 1.82) is 0 Å². The van der Waals surface area contributed by atoms with Crippen LogP contribution in [-0.4, -0.2) is 19.0 Å². The molecule has 23 heavy (non-hydrogen) atoms. The van der Waals surface area contributed by atoms with Gasteiger partial charge in [-0.2, -0.15) is 0 Å². The maximum atomic E-state index is 10.8. The van der Waals surface area contributed by atoms with Crippen molar-refractivity contribution in [2.75, 3.05) is 19.0 Å². The lowest BCUT2D eigenvalue weighted by molar-refractivity contribution is -0.384. The van der Waals surface area contributed by atoms with Gasteiger partial charge in [-0.1, -0.05) is 30.3 Å². The molecule has 0 aliphatic heterocycles. The maximum absolute atomic E-state index is 10.8. The van der Waals surface area contributed by atoms with Crippen molar-refractivity contribution in [2.45, 2.75) is 0 Å². The molecule has 0 aliphatic rings. The van der Waals surface area contributed by atoms with Crippen molar-refractivity contribution in [3.63, 3.8) is 0 Å². The third kappa shape index (κ3) is 2.94. The number of rotatable bonds is 4. The van der Waals surface area contributed by atoms with E-state index < -0.39 is 4.92 Å². The van der Waals surface area contributed by atoms with Crippen molar-refractivity contribution in [1.82, 2.24) is 0 Å². The lowest BCUT2D eigenvalue weighted by Gasteiger charge is -2.11. The zero-order chi connectivity index (χ0) is 16.4. The molecule has 0 bridgehead atoms. The highest BCUT2D eigenvalue weighted by Crippen LogP contribution is 2.37. The summed E-state index contributed by atoms with van der Waals surface area (Å²) in [6, 6.07) is 18.3. The Kier molecular flexibility index (Phi) is 3.85. The van der Waals surface area contributed by atoms with Gasteiger partial charge in [-0.3, -0.25) is 10.1 Å². The first-order chi connectivity index (χ1) is 11.1. The van der Waals surface area contributed by atoms with E-state index >= 15 is 0 Å². The summed E-state index contributed by atoms with van der Waals surface area (Å²) in [4.78, 5) is 12.3. The molecule has 3 rings (SSSR count). The van der Waals surface area contributed by atoms with Gasteiger partial charge in [-0.15, -0.1) is 0 Å². The summed E-state index contributed by atoms with van der Waals surface area (Å²) in [7, 11) is 3.84. The molecule has 1 aromatic heterocycles. The van der Waals surface area contributed by atoms with Crippen LogP contribution < -0.4 is 4.90 Å². The van der Waals surface area contributed by atoms with Gasteiger partial charge in [0.1, 0.15) is 5.76 Å². The average molecular weight is 308 g/mol. The van der Waals surface area contributed by atoms with Gasteiger partial charge in [0.25, 0.3) is 5.69 Å². The Morgan fingerprint density at radius 2 is 1.61 bits per heavy atom. The van der Waals surface area contributed by atoms with E-state index in [0.29, 0.717) is 5.76 Å². The summed E-state index contributed by atoms with van der Waals surface area (Å²) in [6.07, 6.45) is 0. The van der Waals surface area contributed by atoms with Crippen LogP contribution in [0.3, 0.4) is 0 Å². The molecule has 0 N–H and O–H groups in total. The van der Waals surface area contributed by atoms with Crippen LogP contribution in [0.1, 0.15) is 0 Å². The fourth-order valence-electron chi connectivity index (χ4n) is 2.43. The number of anilines is 1. The van der Waals surface area contributed by atoms with Crippen LogP contribution in [0.15, 0.2) is 65.1 Å². The van der Waals surface area contributed by atoms with Gasteiger partial charge in [0.2, 0.25) is 5.88 Å². The molecule has 0 spiro atoms. The first kappa shape index (κ1) is 14.8. The van der Waals surface area contributed by atoms with Gasteiger partial charge in [0, 0.05) is 37.4 Å². The Morgan fingerprint density at radius 3 is 2.17 bits per heavy atom. The SMILES string of the molecule is CN(C)c1oc(-c2ccc([N+](=O)[O-])cc2)cc1-c1ccccc1. The molecule has 0 fully saturated rings. The van der Waals surface area contributed by atoms with E-state index in [9.17, 15) is 10.1 Å². The van der Waals surface area contributed by atoms with Crippen molar-refractivity contribution in [2.24, 2.45) is 0 Å². The molecular formula is C18H16N2O3. The molecule has 0 radical (unpaired) electrons. The summed E-state index contributed by atoms with van der Waals surface area (Å²) in [5.41, 5.74) is 2.93. The summed E-state index contributed by atoms with van der Waals surface area (Å²) in [5.74, 6) is 1.44. The molecule has 1 heterocycles. The molecule has 0 saturated heterocycles. The van der Waals surface area contributed by atoms with Gasteiger partial charge >= 0.3 is 0 Å². The Labute approximate surface area is 133 Å². The van der Waals surface area contributed by atoms with Crippen molar-refractivity contribution < 1.29 is 9.34 Å². The number of hydrogen-bond acceptors (Lipinski definition) is 4. The second-order valence-corrected chi connectivity index (χ2v) is 5.39. The first-order valence-electron chi connectivity index (χ1n) is 7.17. The predicted molar refractivity (Wildman–Crippen MR) is 90.6 cm³/mol. The molecule has 0 saturated carbocycles. The molecule has 0 aliphatic carbocycles. The normalized spacial score (nSPS) is 10.5. The highest BCUT2D eigenvalue weighted by Gasteiger charge is 2.16. The minimum atomic E-state index is -0.410. The summed E-state index contributed by atoms with van der Waals surface area (Å²) in [6.45, 7) is 0. The zero-order valence-electron chi connectivity index (χ0n) is 12.9. The smallest absolute Gasteiger partial charge is 0.269 e. The molecule has 5 heteroatoms. The largest absolute Gasteiger partial charge is 0.440 e. The lowest BCUT2D eigenvalue weighted by atomic mass is 10.1. The number of nitrogens with zero attached hydrogens (tertiary/aromatic N) is 2. The van der Waals surface area contributed by atoms with Crippen LogP contribution in [0.4, 0.5) is 11.6 Å². The fraction of sp³-hybridized carbons (Fsp3) is 0.111. The number of benzene rings is 2. The standard InChI is InChI=1S/C18H16N2O3/c1-19(2)18-16(13-6-4-3-5-7-13)12-17(23-18)14-8-10-15(11-9-14)20(21)22/h3-12H,1-2H3. The minimum Gasteiger partial charge on any atom is -0.440 e. The first-order valence-corrected chi connectivity index (χ1v) is 7.17. The van der Waals surface area contributed by atoms with Gasteiger partial charge in [-0.25, -0.2) is 0 Å². The zero-order valence-corrected chi connectivity index (χ0v) is 12.9. The van der Waals surface area contributed by atoms with Crippen LogP contribution in [0.2, 0.25) is 0 Å². The van der Waals surface area contributed by atoms with Crippen LogP contribution in [-0.2, 0) is 0 Å². The Bertz CT molecular complexity index is 821. The number of nitro benzene ring substituents is 1. The number of furan rings is 1. The van der Waals surface area contributed by atoms with E-state index in [0.717, 1.165) is 22.6 Å². The Hall–Kier alpha value is -3.08. The van der Waals surface area contributed by atoms with E-state index in [2.05, 4.69) is 0 Å². The quantitative estimate of drug-likeness (QED) is 0.522. The number of nitro groups is 1. The highest BCUT2D eigenvalue weighted by atomic mass is 16.6. The minimum absolute atomic E-state index is 0.0661. The lowest BCUT2D eigenvalue weighted by Crippen LogP contribution is -2.08. The summed E-state index contributed by atoms with van der Waals surface area (Å²) >= 11 is 0. The molecule has 5 nitrogen and oxygen atoms in total. The Morgan fingerprint density at radius 1 is 0.957 bits per heavy atom. The molecule has 0 atom stereocenters. The second kappa shape index (κ2) is 5.96. The van der Waals surface area contributed by atoms with E-state index in [1.54, 1.807) is 12.1 Å². The molecule has 0 amide bonds. The van der Waals surface area contributed by atoms with Gasteiger partial charge in [0.15, 0.2) is 0 Å². The van der Waals surface area contributed by atoms with Crippen LogP contribution in [0.25, 0.3) is 22.5 Å². The van der Waals surface area contributed by atoms with Crippen LogP contribution >= 0.6 is 0 Å². The average Bonchev–Trinajstić information content (AvgIpc) is 3.01. The van der Waals surface area contributed by atoms with E-state index in [-0.39, 0.29) is 5.69 Å². The van der Waals surface area contributed by atoms with Crippen molar-refractivity contribution in [3.05, 3.63) is 70.8 Å². The predicted octanol–water partition coefficient (Wildman–Crippen LogP) is 4.59. The van der Waals surface area contributed by atoms with Crippen molar-refractivity contribution >= 4 is 11.6 Å². The molecule has 116 valence electrons. The maximum Gasteiger partial charge on any atom is 0.269 e. The Balaban J connectivity index is 2.06.